The Morgan fingerprint density at radius 1 is 1.22 bits per heavy atom. The van der Waals surface area contributed by atoms with Crippen molar-refractivity contribution >= 4 is 0 Å². The van der Waals surface area contributed by atoms with E-state index in [1.54, 1.807) is 0 Å². The van der Waals surface area contributed by atoms with E-state index in [1.807, 2.05) is 14.0 Å². The lowest BCUT2D eigenvalue weighted by Crippen LogP contribution is -2.47. The second kappa shape index (κ2) is 5.83. The number of rotatable bonds is 4. The molecule has 0 spiro atoms. The molecule has 1 aliphatic rings. The number of benzene rings is 1. The van der Waals surface area contributed by atoms with E-state index in [4.69, 9.17) is 9.47 Å². The molecule has 1 fully saturated rings. The third kappa shape index (κ3) is 2.91. The molecule has 1 heterocycles. The second-order valence-electron chi connectivity index (χ2n) is 5.00. The van der Waals surface area contributed by atoms with Crippen molar-refractivity contribution in [2.75, 3.05) is 20.3 Å². The highest BCUT2D eigenvalue weighted by Gasteiger charge is 2.34. The Labute approximate surface area is 109 Å². The molecule has 18 heavy (non-hydrogen) atoms. The summed E-state index contributed by atoms with van der Waals surface area (Å²) in [6.45, 7) is 5.56. The number of likely N-dealkylation sites (N-methyl/N-ethyl adjacent to an activating group) is 1. The van der Waals surface area contributed by atoms with E-state index in [9.17, 15) is 0 Å². The molecule has 1 aliphatic heterocycles. The molecule has 100 valence electrons. The van der Waals surface area contributed by atoms with Crippen LogP contribution in [0.3, 0.4) is 0 Å². The molecule has 0 atom stereocenters. The molecular formula is C15H23NO2. The monoisotopic (exact) mass is 249 g/mol. The Morgan fingerprint density at radius 2 is 1.83 bits per heavy atom. The van der Waals surface area contributed by atoms with Crippen LogP contribution in [0.5, 0.6) is 0 Å². The van der Waals surface area contributed by atoms with Gasteiger partial charge in [0.25, 0.3) is 0 Å². The fraction of sp³-hybridized carbons (Fsp3) is 0.600. The zero-order valence-electron chi connectivity index (χ0n) is 11.5. The van der Waals surface area contributed by atoms with Gasteiger partial charge in [-0.25, -0.2) is 0 Å². The van der Waals surface area contributed by atoms with E-state index >= 15 is 0 Å². The second-order valence-corrected chi connectivity index (χ2v) is 5.00. The standard InChI is InChI=1S/C15H23NO2/c1-4-5-12-6-8-13(9-7-12)15(2)17-10-14(16-3)11-18-15/h6-9,14,16H,4-5,10-11H2,1-3H3. The van der Waals surface area contributed by atoms with Crippen LogP contribution in [0.25, 0.3) is 0 Å². The van der Waals surface area contributed by atoms with Crippen LogP contribution in [0.4, 0.5) is 0 Å². The lowest BCUT2D eigenvalue weighted by Gasteiger charge is -2.37. The smallest absolute Gasteiger partial charge is 0.192 e. The van der Waals surface area contributed by atoms with E-state index in [0.29, 0.717) is 13.2 Å². The summed E-state index contributed by atoms with van der Waals surface area (Å²) < 4.78 is 11.7. The van der Waals surface area contributed by atoms with Gasteiger partial charge < -0.3 is 14.8 Å². The lowest BCUT2D eigenvalue weighted by molar-refractivity contribution is -0.272. The maximum absolute atomic E-state index is 5.87. The van der Waals surface area contributed by atoms with Gasteiger partial charge in [-0.05, 0) is 26.0 Å². The zero-order chi connectivity index (χ0) is 13.0. The number of aryl methyl sites for hydroxylation is 1. The van der Waals surface area contributed by atoms with Crippen molar-refractivity contribution in [1.82, 2.24) is 5.32 Å². The van der Waals surface area contributed by atoms with Gasteiger partial charge in [-0.1, -0.05) is 37.6 Å². The maximum atomic E-state index is 5.87. The minimum Gasteiger partial charge on any atom is -0.344 e. The minimum absolute atomic E-state index is 0.289. The highest BCUT2D eigenvalue weighted by Crippen LogP contribution is 2.30. The van der Waals surface area contributed by atoms with Crippen molar-refractivity contribution < 1.29 is 9.47 Å². The zero-order valence-corrected chi connectivity index (χ0v) is 11.5. The highest BCUT2D eigenvalue weighted by atomic mass is 16.7. The average Bonchev–Trinajstić information content (AvgIpc) is 2.41. The molecule has 0 saturated carbocycles. The fourth-order valence-corrected chi connectivity index (χ4v) is 2.21. The van der Waals surface area contributed by atoms with Gasteiger partial charge in [-0.2, -0.15) is 0 Å². The molecule has 1 aromatic carbocycles. The van der Waals surface area contributed by atoms with Crippen molar-refractivity contribution in [3.8, 4) is 0 Å². The molecule has 1 aromatic rings. The van der Waals surface area contributed by atoms with Crippen LogP contribution < -0.4 is 5.32 Å². The summed E-state index contributed by atoms with van der Waals surface area (Å²) in [5, 5.41) is 3.17. The maximum Gasteiger partial charge on any atom is 0.192 e. The molecule has 0 unspecified atom stereocenters. The van der Waals surface area contributed by atoms with Gasteiger partial charge in [0.05, 0.1) is 19.3 Å². The largest absolute Gasteiger partial charge is 0.344 e. The van der Waals surface area contributed by atoms with Crippen LogP contribution in [0.15, 0.2) is 24.3 Å². The molecular weight excluding hydrogens is 226 g/mol. The molecule has 2 rings (SSSR count). The van der Waals surface area contributed by atoms with E-state index in [0.717, 1.165) is 12.0 Å². The molecule has 3 nitrogen and oxygen atoms in total. The first kappa shape index (κ1) is 13.5. The topological polar surface area (TPSA) is 30.5 Å². The molecule has 0 bridgehead atoms. The van der Waals surface area contributed by atoms with E-state index in [2.05, 4.69) is 36.5 Å². The Kier molecular flexibility index (Phi) is 4.38. The molecule has 0 aliphatic carbocycles. The van der Waals surface area contributed by atoms with E-state index < -0.39 is 5.79 Å². The van der Waals surface area contributed by atoms with Crippen molar-refractivity contribution in [3.05, 3.63) is 35.4 Å². The van der Waals surface area contributed by atoms with Crippen molar-refractivity contribution in [1.29, 1.82) is 0 Å². The van der Waals surface area contributed by atoms with Crippen LogP contribution in [0.1, 0.15) is 31.4 Å². The van der Waals surface area contributed by atoms with Gasteiger partial charge in [-0.3, -0.25) is 0 Å². The third-order valence-corrected chi connectivity index (χ3v) is 3.55. The predicted octanol–water partition coefficient (Wildman–Crippen LogP) is 2.45. The Morgan fingerprint density at radius 3 is 2.33 bits per heavy atom. The fourth-order valence-electron chi connectivity index (χ4n) is 2.21. The summed E-state index contributed by atoms with van der Waals surface area (Å²) in [4.78, 5) is 0. The molecule has 1 N–H and O–H groups in total. The summed E-state index contributed by atoms with van der Waals surface area (Å²) in [5.74, 6) is -0.599. The molecule has 3 heteroatoms. The SMILES string of the molecule is CCCc1ccc(C2(C)OCC(NC)CO2)cc1. The quantitative estimate of drug-likeness (QED) is 0.889. The Bertz CT molecular complexity index is 367. The number of ether oxygens (including phenoxy) is 2. The minimum atomic E-state index is -0.599. The molecule has 0 aromatic heterocycles. The van der Waals surface area contributed by atoms with Gasteiger partial charge in [0, 0.05) is 5.56 Å². The van der Waals surface area contributed by atoms with Crippen molar-refractivity contribution in [2.45, 2.75) is 38.5 Å². The molecule has 1 saturated heterocycles. The summed E-state index contributed by atoms with van der Waals surface area (Å²) in [6, 6.07) is 8.86. The van der Waals surface area contributed by atoms with Crippen LogP contribution in [-0.4, -0.2) is 26.3 Å². The highest BCUT2D eigenvalue weighted by molar-refractivity contribution is 5.26. The summed E-state index contributed by atoms with van der Waals surface area (Å²) in [5.41, 5.74) is 2.46. The lowest BCUT2D eigenvalue weighted by atomic mass is 10.0. The van der Waals surface area contributed by atoms with Crippen molar-refractivity contribution in [2.24, 2.45) is 0 Å². The van der Waals surface area contributed by atoms with Gasteiger partial charge >= 0.3 is 0 Å². The normalized spacial score (nSPS) is 28.3. The van der Waals surface area contributed by atoms with E-state index in [1.165, 1.54) is 12.0 Å². The predicted molar refractivity (Wildman–Crippen MR) is 72.5 cm³/mol. The average molecular weight is 249 g/mol. The summed E-state index contributed by atoms with van der Waals surface area (Å²) >= 11 is 0. The van der Waals surface area contributed by atoms with Crippen LogP contribution in [-0.2, 0) is 21.7 Å². The van der Waals surface area contributed by atoms with Crippen LogP contribution in [0, 0.1) is 0 Å². The van der Waals surface area contributed by atoms with Crippen LogP contribution >= 0.6 is 0 Å². The number of hydrogen-bond donors (Lipinski definition) is 1. The molecule has 0 radical (unpaired) electrons. The summed E-state index contributed by atoms with van der Waals surface area (Å²) in [6.07, 6.45) is 2.30. The van der Waals surface area contributed by atoms with Gasteiger partial charge in [-0.15, -0.1) is 0 Å². The van der Waals surface area contributed by atoms with Crippen molar-refractivity contribution in [3.63, 3.8) is 0 Å². The van der Waals surface area contributed by atoms with Gasteiger partial charge in [0.1, 0.15) is 0 Å². The Balaban J connectivity index is 2.06. The van der Waals surface area contributed by atoms with E-state index in [-0.39, 0.29) is 6.04 Å². The van der Waals surface area contributed by atoms with Crippen LogP contribution in [0.2, 0.25) is 0 Å². The first-order valence-corrected chi connectivity index (χ1v) is 6.72. The number of nitrogens with one attached hydrogen (secondary N) is 1. The Hall–Kier alpha value is -0.900. The summed E-state index contributed by atoms with van der Waals surface area (Å²) in [7, 11) is 1.93. The first-order chi connectivity index (χ1) is 8.68. The van der Waals surface area contributed by atoms with Gasteiger partial charge in [0.15, 0.2) is 5.79 Å². The van der Waals surface area contributed by atoms with Gasteiger partial charge in [0.2, 0.25) is 0 Å². The number of hydrogen-bond acceptors (Lipinski definition) is 3. The third-order valence-electron chi connectivity index (χ3n) is 3.55. The first-order valence-electron chi connectivity index (χ1n) is 6.72. The molecule has 0 amide bonds.